The van der Waals surface area contributed by atoms with Gasteiger partial charge in [0.2, 0.25) is 0 Å². The molecule has 0 saturated carbocycles. The Kier molecular flexibility index (Phi) is 5.03. The van der Waals surface area contributed by atoms with Crippen molar-refractivity contribution in [2.24, 2.45) is 5.73 Å². The number of aromatic nitrogens is 2. The van der Waals surface area contributed by atoms with Crippen LogP contribution in [-0.2, 0) is 6.54 Å². The van der Waals surface area contributed by atoms with Crippen LogP contribution in [0.1, 0.15) is 29.4 Å². The van der Waals surface area contributed by atoms with Crippen molar-refractivity contribution in [1.29, 1.82) is 0 Å². The number of hydrogen-bond donors (Lipinski definition) is 1. The molecule has 3 rings (SSSR count). The van der Waals surface area contributed by atoms with Gasteiger partial charge in [-0.1, -0.05) is 42.0 Å². The van der Waals surface area contributed by atoms with Crippen molar-refractivity contribution in [3.63, 3.8) is 0 Å². The smallest absolute Gasteiger partial charge is 0.127 e. The molecular formula is C19H23N3S. The van der Waals surface area contributed by atoms with Gasteiger partial charge in [0.25, 0.3) is 0 Å². The van der Waals surface area contributed by atoms with Crippen LogP contribution in [-0.4, -0.2) is 21.6 Å². The fourth-order valence-electron chi connectivity index (χ4n) is 2.79. The SMILES string of the molecule is CSCCC(N)c1nc2ccccc2n1Cc1ccc(C)cc1. The molecule has 1 atom stereocenters. The van der Waals surface area contributed by atoms with Crippen molar-refractivity contribution in [2.75, 3.05) is 12.0 Å². The Morgan fingerprint density at radius 3 is 2.61 bits per heavy atom. The van der Waals surface area contributed by atoms with Gasteiger partial charge in [-0.3, -0.25) is 0 Å². The number of fused-ring (bicyclic) bond motifs is 1. The van der Waals surface area contributed by atoms with Crippen molar-refractivity contribution in [1.82, 2.24) is 9.55 Å². The van der Waals surface area contributed by atoms with Crippen LogP contribution >= 0.6 is 11.8 Å². The fourth-order valence-corrected chi connectivity index (χ4v) is 3.28. The van der Waals surface area contributed by atoms with Gasteiger partial charge in [-0.15, -0.1) is 0 Å². The van der Waals surface area contributed by atoms with E-state index in [2.05, 4.69) is 60.2 Å². The maximum Gasteiger partial charge on any atom is 0.127 e. The Morgan fingerprint density at radius 1 is 1.13 bits per heavy atom. The molecule has 0 aliphatic heterocycles. The highest BCUT2D eigenvalue weighted by Gasteiger charge is 2.16. The fraction of sp³-hybridized carbons (Fsp3) is 0.316. The molecule has 0 radical (unpaired) electrons. The zero-order valence-corrected chi connectivity index (χ0v) is 14.5. The molecule has 1 heterocycles. The topological polar surface area (TPSA) is 43.8 Å². The molecule has 2 aromatic carbocycles. The van der Waals surface area contributed by atoms with Crippen molar-refractivity contribution in [2.45, 2.75) is 25.9 Å². The van der Waals surface area contributed by atoms with Crippen molar-refractivity contribution >= 4 is 22.8 Å². The van der Waals surface area contributed by atoms with Gasteiger partial charge in [-0.05, 0) is 43.0 Å². The zero-order valence-electron chi connectivity index (χ0n) is 13.7. The van der Waals surface area contributed by atoms with Gasteiger partial charge in [-0.2, -0.15) is 11.8 Å². The molecule has 0 bridgehead atoms. The van der Waals surface area contributed by atoms with Gasteiger partial charge in [0.15, 0.2) is 0 Å². The van der Waals surface area contributed by atoms with Crippen LogP contribution in [0.3, 0.4) is 0 Å². The standard InChI is InChI=1S/C19H23N3S/c1-14-7-9-15(10-8-14)13-22-18-6-4-3-5-17(18)21-19(22)16(20)11-12-23-2/h3-10,16H,11-13,20H2,1-2H3. The number of hydrogen-bond acceptors (Lipinski definition) is 3. The second kappa shape index (κ2) is 7.20. The molecule has 23 heavy (non-hydrogen) atoms. The van der Waals surface area contributed by atoms with Crippen LogP contribution in [0, 0.1) is 6.92 Å². The molecule has 0 amide bonds. The zero-order chi connectivity index (χ0) is 16.2. The Morgan fingerprint density at radius 2 is 1.87 bits per heavy atom. The summed E-state index contributed by atoms with van der Waals surface area (Å²) in [6.45, 7) is 2.92. The molecule has 0 spiro atoms. The molecule has 3 aromatic rings. The van der Waals surface area contributed by atoms with E-state index in [9.17, 15) is 0 Å². The van der Waals surface area contributed by atoms with E-state index in [0.29, 0.717) is 0 Å². The highest BCUT2D eigenvalue weighted by atomic mass is 32.2. The average Bonchev–Trinajstić information content (AvgIpc) is 2.93. The van der Waals surface area contributed by atoms with Crippen LogP contribution in [0.4, 0.5) is 0 Å². The molecule has 0 fully saturated rings. The van der Waals surface area contributed by atoms with Crippen molar-refractivity contribution in [3.8, 4) is 0 Å². The van der Waals surface area contributed by atoms with Gasteiger partial charge in [0.05, 0.1) is 17.1 Å². The number of rotatable bonds is 6. The molecule has 4 heteroatoms. The first-order chi connectivity index (χ1) is 11.2. The number of aryl methyl sites for hydroxylation is 1. The van der Waals surface area contributed by atoms with Gasteiger partial charge in [-0.25, -0.2) is 4.98 Å². The molecule has 0 aliphatic carbocycles. The lowest BCUT2D eigenvalue weighted by Gasteiger charge is -2.15. The Balaban J connectivity index is 2.00. The predicted octanol–water partition coefficient (Wildman–Crippen LogP) is 4.15. The minimum absolute atomic E-state index is 0.0275. The number of benzene rings is 2. The summed E-state index contributed by atoms with van der Waals surface area (Å²) in [6, 6.07) is 16.9. The van der Waals surface area contributed by atoms with Gasteiger partial charge in [0.1, 0.15) is 5.82 Å². The molecular weight excluding hydrogens is 302 g/mol. The summed E-state index contributed by atoms with van der Waals surface area (Å²) in [7, 11) is 0. The highest BCUT2D eigenvalue weighted by molar-refractivity contribution is 7.98. The first-order valence-electron chi connectivity index (χ1n) is 7.94. The Labute approximate surface area is 141 Å². The maximum atomic E-state index is 6.43. The molecule has 3 nitrogen and oxygen atoms in total. The van der Waals surface area contributed by atoms with Crippen LogP contribution < -0.4 is 5.73 Å². The lowest BCUT2D eigenvalue weighted by atomic mass is 10.1. The van der Waals surface area contributed by atoms with Crippen molar-refractivity contribution in [3.05, 3.63) is 65.5 Å². The first kappa shape index (κ1) is 16.1. The predicted molar refractivity (Wildman–Crippen MR) is 99.9 cm³/mol. The average molecular weight is 325 g/mol. The van der Waals surface area contributed by atoms with E-state index in [0.717, 1.165) is 35.6 Å². The summed E-state index contributed by atoms with van der Waals surface area (Å²) in [5, 5.41) is 0. The van der Waals surface area contributed by atoms with Crippen LogP contribution in [0.2, 0.25) is 0 Å². The number of nitrogens with zero attached hydrogens (tertiary/aromatic N) is 2. The summed E-state index contributed by atoms with van der Waals surface area (Å²) in [5.41, 5.74) is 11.2. The quantitative estimate of drug-likeness (QED) is 0.740. The molecule has 1 unspecified atom stereocenters. The van der Waals surface area contributed by atoms with Crippen LogP contribution in [0.15, 0.2) is 48.5 Å². The number of thioether (sulfide) groups is 1. The van der Waals surface area contributed by atoms with Crippen LogP contribution in [0.25, 0.3) is 11.0 Å². The summed E-state index contributed by atoms with van der Waals surface area (Å²) >= 11 is 1.83. The molecule has 2 N–H and O–H groups in total. The lowest BCUT2D eigenvalue weighted by Crippen LogP contribution is -2.18. The third-order valence-corrected chi connectivity index (χ3v) is 4.75. The van der Waals surface area contributed by atoms with Gasteiger partial charge >= 0.3 is 0 Å². The number of imidazole rings is 1. The molecule has 120 valence electrons. The third-order valence-electron chi connectivity index (χ3n) is 4.11. The largest absolute Gasteiger partial charge is 0.322 e. The molecule has 0 saturated heterocycles. The number of para-hydroxylation sites is 2. The van der Waals surface area contributed by atoms with E-state index in [1.54, 1.807) is 0 Å². The Hall–Kier alpha value is -1.78. The molecule has 0 aliphatic rings. The van der Waals surface area contributed by atoms with E-state index in [-0.39, 0.29) is 6.04 Å². The Bertz CT molecular complexity index is 777. The highest BCUT2D eigenvalue weighted by Crippen LogP contribution is 2.23. The minimum atomic E-state index is -0.0275. The summed E-state index contributed by atoms with van der Waals surface area (Å²) in [5.74, 6) is 2.04. The second-order valence-electron chi connectivity index (χ2n) is 5.92. The van der Waals surface area contributed by atoms with E-state index in [4.69, 9.17) is 10.7 Å². The van der Waals surface area contributed by atoms with Crippen molar-refractivity contribution < 1.29 is 0 Å². The summed E-state index contributed by atoms with van der Waals surface area (Å²) in [4.78, 5) is 4.81. The van der Waals surface area contributed by atoms with E-state index in [1.807, 2.05) is 17.8 Å². The number of nitrogens with two attached hydrogens (primary N) is 1. The minimum Gasteiger partial charge on any atom is -0.322 e. The third kappa shape index (κ3) is 3.59. The van der Waals surface area contributed by atoms with Crippen LogP contribution in [0.5, 0.6) is 0 Å². The van der Waals surface area contributed by atoms with E-state index in [1.165, 1.54) is 11.1 Å². The van der Waals surface area contributed by atoms with E-state index < -0.39 is 0 Å². The first-order valence-corrected chi connectivity index (χ1v) is 9.33. The normalized spacial score (nSPS) is 12.7. The monoisotopic (exact) mass is 325 g/mol. The van der Waals surface area contributed by atoms with Gasteiger partial charge in [0, 0.05) is 6.54 Å². The molecule has 1 aromatic heterocycles. The summed E-state index contributed by atoms with van der Waals surface area (Å²) < 4.78 is 2.27. The van der Waals surface area contributed by atoms with Gasteiger partial charge < -0.3 is 10.3 Å². The second-order valence-corrected chi connectivity index (χ2v) is 6.90. The lowest BCUT2D eigenvalue weighted by molar-refractivity contribution is 0.609. The summed E-state index contributed by atoms with van der Waals surface area (Å²) in [6.07, 6.45) is 3.06. The maximum absolute atomic E-state index is 6.43. The van der Waals surface area contributed by atoms with E-state index >= 15 is 0 Å².